The number of hydrogen-bond donors (Lipinski definition) is 0. The van der Waals surface area contributed by atoms with Gasteiger partial charge in [-0.25, -0.2) is 0 Å². The zero-order valence-corrected chi connectivity index (χ0v) is 16.5. The van der Waals surface area contributed by atoms with Crippen molar-refractivity contribution in [3.63, 3.8) is 0 Å². The van der Waals surface area contributed by atoms with Crippen molar-refractivity contribution in [1.82, 2.24) is 0 Å². The molecule has 5 heteroatoms. The van der Waals surface area contributed by atoms with Gasteiger partial charge in [0.2, 0.25) is 0 Å². The number of benzene rings is 2. The van der Waals surface area contributed by atoms with E-state index in [0.717, 1.165) is 33.4 Å². The summed E-state index contributed by atoms with van der Waals surface area (Å²) in [7, 11) is 0. The van der Waals surface area contributed by atoms with Crippen molar-refractivity contribution in [3.8, 4) is 0 Å². The van der Waals surface area contributed by atoms with Gasteiger partial charge < -0.3 is 0 Å². The molecule has 0 N–H and O–H groups in total. The molecule has 2 aromatic rings. The van der Waals surface area contributed by atoms with Gasteiger partial charge in [0.1, 0.15) is 5.92 Å². The molecule has 26 heavy (non-hydrogen) atoms. The number of ketones is 3. The van der Waals surface area contributed by atoms with Crippen molar-refractivity contribution in [2.24, 2.45) is 5.92 Å². The average Bonchev–Trinajstić information content (AvgIpc) is 2.63. The van der Waals surface area contributed by atoms with Crippen LogP contribution in [0.15, 0.2) is 28.0 Å². The second kappa shape index (κ2) is 6.86. The minimum Gasteiger partial charge on any atom is -0.298 e. The molecule has 1 aliphatic carbocycles. The number of fused-ring (bicyclic) bond motifs is 3. The summed E-state index contributed by atoms with van der Waals surface area (Å²) in [6, 6.07) is 6.15. The van der Waals surface area contributed by atoms with Crippen molar-refractivity contribution in [2.45, 2.75) is 42.9 Å². The molecule has 1 aliphatic heterocycles. The zero-order valence-electron chi connectivity index (χ0n) is 14.9. The summed E-state index contributed by atoms with van der Waals surface area (Å²) >= 11 is 3.68. The van der Waals surface area contributed by atoms with Gasteiger partial charge in [-0.05, 0) is 48.9 Å². The van der Waals surface area contributed by atoms with E-state index in [2.05, 4.69) is 12.1 Å². The lowest BCUT2D eigenvalue weighted by Crippen LogP contribution is -2.35. The monoisotopic (exact) mass is 384 g/mol. The number of Topliss-reactive ketones (excluding diaryl/α,β-unsaturated/α-hetero) is 3. The smallest absolute Gasteiger partial charge is 0.181 e. The average molecular weight is 385 g/mol. The first-order chi connectivity index (χ1) is 12.5. The minimum atomic E-state index is -1.10. The van der Waals surface area contributed by atoms with Gasteiger partial charge in [-0.15, -0.1) is 23.5 Å². The van der Waals surface area contributed by atoms with E-state index < -0.39 is 5.92 Å². The summed E-state index contributed by atoms with van der Waals surface area (Å²) in [5, 5.41) is 2.26. The van der Waals surface area contributed by atoms with E-state index >= 15 is 0 Å². The highest BCUT2D eigenvalue weighted by Gasteiger charge is 2.37. The molecule has 0 aromatic heterocycles. The lowest BCUT2D eigenvalue weighted by molar-refractivity contribution is -0.133. The molecule has 0 spiro atoms. The van der Waals surface area contributed by atoms with Crippen LogP contribution >= 0.6 is 23.5 Å². The highest BCUT2D eigenvalue weighted by atomic mass is 32.2. The maximum Gasteiger partial charge on any atom is 0.181 e. The Morgan fingerprint density at radius 1 is 1.04 bits per heavy atom. The van der Waals surface area contributed by atoms with E-state index in [1.807, 2.05) is 43.4 Å². The van der Waals surface area contributed by atoms with Crippen LogP contribution in [-0.4, -0.2) is 28.9 Å². The van der Waals surface area contributed by atoms with Crippen LogP contribution in [0.1, 0.15) is 40.7 Å². The fourth-order valence-corrected chi connectivity index (χ4v) is 6.42. The molecule has 4 rings (SSSR count). The van der Waals surface area contributed by atoms with Crippen LogP contribution in [0, 0.1) is 19.8 Å². The van der Waals surface area contributed by atoms with Gasteiger partial charge in [0.25, 0.3) is 0 Å². The topological polar surface area (TPSA) is 51.2 Å². The molecule has 0 atom stereocenters. The maximum atomic E-state index is 13.2. The van der Waals surface area contributed by atoms with E-state index in [0.29, 0.717) is 24.8 Å². The fraction of sp³-hybridized carbons (Fsp3) is 0.381. The third-order valence-corrected chi connectivity index (χ3v) is 7.86. The highest BCUT2D eigenvalue weighted by Crippen LogP contribution is 2.44. The Morgan fingerprint density at radius 3 is 2.46 bits per heavy atom. The van der Waals surface area contributed by atoms with Crippen molar-refractivity contribution in [2.75, 3.05) is 11.5 Å². The van der Waals surface area contributed by atoms with Crippen LogP contribution in [0.3, 0.4) is 0 Å². The van der Waals surface area contributed by atoms with Crippen LogP contribution < -0.4 is 0 Å². The lowest BCUT2D eigenvalue weighted by atomic mass is 9.80. The van der Waals surface area contributed by atoms with E-state index in [1.165, 1.54) is 9.79 Å². The number of aryl methyl sites for hydroxylation is 2. The summed E-state index contributed by atoms with van der Waals surface area (Å²) < 4.78 is 0. The molecule has 2 aromatic carbocycles. The summed E-state index contributed by atoms with van der Waals surface area (Å²) in [6.07, 6.45) is 1.23. The SMILES string of the molecule is Cc1cc(C(=O)C2C(=O)CCCC2=O)c(C)c2c3c(ccc12)SCCS3. The Labute approximate surface area is 161 Å². The van der Waals surface area contributed by atoms with Crippen LogP contribution in [0.5, 0.6) is 0 Å². The maximum absolute atomic E-state index is 13.2. The molecule has 0 radical (unpaired) electrons. The fourth-order valence-electron chi connectivity index (χ4n) is 3.96. The molecule has 0 bridgehead atoms. The van der Waals surface area contributed by atoms with Crippen LogP contribution in [-0.2, 0) is 9.59 Å². The largest absolute Gasteiger partial charge is 0.298 e. The Balaban J connectivity index is 1.91. The molecule has 1 saturated carbocycles. The zero-order chi connectivity index (χ0) is 18.4. The Kier molecular flexibility index (Phi) is 4.70. The number of thioether (sulfide) groups is 2. The molecule has 134 valence electrons. The second-order valence-corrected chi connectivity index (χ2v) is 9.20. The van der Waals surface area contributed by atoms with E-state index in [9.17, 15) is 14.4 Å². The molecular formula is C21H20O3S2. The summed E-state index contributed by atoms with van der Waals surface area (Å²) in [5.41, 5.74) is 2.45. The first kappa shape index (κ1) is 17.8. The molecule has 2 aliphatic rings. The Hall–Kier alpha value is -1.59. The van der Waals surface area contributed by atoms with Gasteiger partial charge in [-0.2, -0.15) is 0 Å². The van der Waals surface area contributed by atoms with Gasteiger partial charge in [0.15, 0.2) is 17.3 Å². The van der Waals surface area contributed by atoms with E-state index in [4.69, 9.17) is 0 Å². The van der Waals surface area contributed by atoms with Crippen molar-refractivity contribution in [1.29, 1.82) is 0 Å². The van der Waals surface area contributed by atoms with Gasteiger partial charge in [0.05, 0.1) is 0 Å². The minimum absolute atomic E-state index is 0.219. The predicted octanol–water partition coefficient (Wildman–Crippen LogP) is 4.78. The van der Waals surface area contributed by atoms with Gasteiger partial charge >= 0.3 is 0 Å². The van der Waals surface area contributed by atoms with Crippen molar-refractivity contribution < 1.29 is 14.4 Å². The predicted molar refractivity (Wildman–Crippen MR) is 107 cm³/mol. The molecule has 1 fully saturated rings. The van der Waals surface area contributed by atoms with Gasteiger partial charge in [0, 0.05) is 45.1 Å². The highest BCUT2D eigenvalue weighted by molar-refractivity contribution is 8.05. The summed E-state index contributed by atoms with van der Waals surface area (Å²) in [4.78, 5) is 40.2. The van der Waals surface area contributed by atoms with Crippen molar-refractivity contribution in [3.05, 3.63) is 34.9 Å². The first-order valence-corrected chi connectivity index (χ1v) is 10.9. The third-order valence-electron chi connectivity index (χ3n) is 5.29. The second-order valence-electron chi connectivity index (χ2n) is 6.96. The van der Waals surface area contributed by atoms with Gasteiger partial charge in [-0.1, -0.05) is 6.07 Å². The Morgan fingerprint density at radius 2 is 1.73 bits per heavy atom. The molecule has 1 heterocycles. The third kappa shape index (κ3) is 2.81. The molecule has 0 unspecified atom stereocenters. The summed E-state index contributed by atoms with van der Waals surface area (Å²) in [5.74, 6) is 0.291. The quantitative estimate of drug-likeness (QED) is 0.551. The van der Waals surface area contributed by atoms with E-state index in [1.54, 1.807) is 0 Å². The standard InChI is InChI=1S/C21H20O3S2/c1-11-10-14(20(24)19-15(22)4-3-5-16(19)23)12(2)18-13(11)6-7-17-21(18)26-9-8-25-17/h6-7,10,19H,3-5,8-9H2,1-2H3. The summed E-state index contributed by atoms with van der Waals surface area (Å²) in [6.45, 7) is 3.95. The number of rotatable bonds is 2. The molecule has 0 amide bonds. The van der Waals surface area contributed by atoms with Crippen LogP contribution in [0.2, 0.25) is 0 Å². The Bertz CT molecular complexity index is 946. The first-order valence-electron chi connectivity index (χ1n) is 8.91. The normalized spacial score (nSPS) is 18.2. The number of carbonyl (C=O) groups is 3. The van der Waals surface area contributed by atoms with Crippen molar-refractivity contribution >= 4 is 51.6 Å². The van der Waals surface area contributed by atoms with E-state index in [-0.39, 0.29) is 17.3 Å². The lowest BCUT2D eigenvalue weighted by Gasteiger charge is -2.23. The molecular weight excluding hydrogens is 364 g/mol. The van der Waals surface area contributed by atoms with Crippen LogP contribution in [0.25, 0.3) is 10.8 Å². The van der Waals surface area contributed by atoms with Crippen LogP contribution in [0.4, 0.5) is 0 Å². The number of hydrogen-bond acceptors (Lipinski definition) is 5. The molecule has 3 nitrogen and oxygen atoms in total. The molecule has 0 saturated heterocycles. The van der Waals surface area contributed by atoms with Gasteiger partial charge in [-0.3, -0.25) is 14.4 Å². The number of carbonyl (C=O) groups excluding carboxylic acids is 3.